The second-order valence-electron chi connectivity index (χ2n) is 7.50. The number of alkyl halides is 1. The maximum atomic E-state index is 9.70. The zero-order valence-corrected chi connectivity index (χ0v) is 22.1. The number of hydrogen-bond acceptors (Lipinski definition) is 7. The number of benzene rings is 3. The molecular formula is C29H30ClN3O4. The maximum absolute atomic E-state index is 9.70. The van der Waals surface area contributed by atoms with E-state index in [2.05, 4.69) is 16.4 Å². The first-order chi connectivity index (χ1) is 18.1. The molecule has 0 fully saturated rings. The highest BCUT2D eigenvalue weighted by Crippen LogP contribution is 2.37. The van der Waals surface area contributed by atoms with E-state index in [0.717, 1.165) is 16.8 Å². The molecule has 0 aliphatic rings. The molecule has 0 atom stereocenters. The Morgan fingerprint density at radius 1 is 0.919 bits per heavy atom. The number of nitriles is 1. The molecule has 0 unspecified atom stereocenters. The molecule has 8 heteroatoms. The smallest absolute Gasteiger partial charge is 0.163 e. The van der Waals surface area contributed by atoms with Crippen LogP contribution >= 0.6 is 11.6 Å². The van der Waals surface area contributed by atoms with Crippen molar-refractivity contribution in [2.75, 3.05) is 32.0 Å². The van der Waals surface area contributed by atoms with E-state index in [1.54, 1.807) is 26.5 Å². The molecule has 0 aliphatic carbocycles. The number of ether oxygens (including phenoxy) is 4. The molecule has 0 radical (unpaired) electrons. The Kier molecular flexibility index (Phi) is 10.2. The highest BCUT2D eigenvalue weighted by Gasteiger charge is 2.15. The molecule has 0 amide bonds. The third-order valence-electron chi connectivity index (χ3n) is 5.21. The molecule has 37 heavy (non-hydrogen) atoms. The summed E-state index contributed by atoms with van der Waals surface area (Å²) in [5.74, 6) is 3.70. The standard InChI is InChI=1S/C27H24ClN3O4.C2H6/c1-32-21-5-3-6-22(13-21)35-20-9-7-19(8-10-20)31-27-18(16-29)17-30-24-15-26(34-12-4-11-28)25(33-2)14-23(24)27;1-2/h3,5-10,13-15,17H,4,11-12H2,1-2H3,(H,30,31);1-2H3. The van der Waals surface area contributed by atoms with Crippen molar-refractivity contribution in [1.82, 2.24) is 4.98 Å². The van der Waals surface area contributed by atoms with Crippen LogP contribution in [0.5, 0.6) is 28.7 Å². The van der Waals surface area contributed by atoms with Crippen molar-refractivity contribution in [3.63, 3.8) is 0 Å². The molecule has 0 saturated heterocycles. The van der Waals surface area contributed by atoms with Crippen molar-refractivity contribution in [2.45, 2.75) is 20.3 Å². The lowest BCUT2D eigenvalue weighted by molar-refractivity contribution is 0.295. The Morgan fingerprint density at radius 3 is 2.35 bits per heavy atom. The number of nitrogens with zero attached hydrogens (tertiary/aromatic N) is 2. The molecule has 192 valence electrons. The third kappa shape index (κ3) is 6.96. The van der Waals surface area contributed by atoms with E-state index in [0.29, 0.717) is 58.7 Å². The van der Waals surface area contributed by atoms with Crippen LogP contribution in [0.15, 0.2) is 66.9 Å². The SMILES string of the molecule is CC.COc1cccc(Oc2ccc(Nc3c(C#N)cnc4cc(OCCCCl)c(OC)cc34)cc2)c1. The number of aromatic nitrogens is 1. The number of anilines is 2. The quantitative estimate of drug-likeness (QED) is 0.170. The van der Waals surface area contributed by atoms with Crippen LogP contribution in [0.4, 0.5) is 11.4 Å². The molecule has 1 aromatic heterocycles. The molecule has 4 rings (SSSR count). The van der Waals surface area contributed by atoms with Crippen LogP contribution in [-0.4, -0.2) is 31.7 Å². The monoisotopic (exact) mass is 519 g/mol. The zero-order chi connectivity index (χ0) is 26.6. The fourth-order valence-electron chi connectivity index (χ4n) is 3.48. The summed E-state index contributed by atoms with van der Waals surface area (Å²) in [6.45, 7) is 4.47. The van der Waals surface area contributed by atoms with Crippen LogP contribution < -0.4 is 24.3 Å². The molecule has 1 N–H and O–H groups in total. The van der Waals surface area contributed by atoms with Gasteiger partial charge < -0.3 is 24.3 Å². The lowest BCUT2D eigenvalue weighted by atomic mass is 10.1. The summed E-state index contributed by atoms with van der Waals surface area (Å²) >= 11 is 5.75. The largest absolute Gasteiger partial charge is 0.497 e. The van der Waals surface area contributed by atoms with Crippen molar-refractivity contribution >= 4 is 33.9 Å². The van der Waals surface area contributed by atoms with Crippen LogP contribution in [0.1, 0.15) is 25.8 Å². The molecule has 0 aliphatic heterocycles. The first kappa shape index (κ1) is 27.4. The van der Waals surface area contributed by atoms with E-state index in [9.17, 15) is 5.26 Å². The zero-order valence-electron chi connectivity index (χ0n) is 21.4. The van der Waals surface area contributed by atoms with Gasteiger partial charge >= 0.3 is 0 Å². The van der Waals surface area contributed by atoms with Gasteiger partial charge in [0.15, 0.2) is 11.5 Å². The average Bonchev–Trinajstić information content (AvgIpc) is 2.95. The minimum Gasteiger partial charge on any atom is -0.497 e. The van der Waals surface area contributed by atoms with Gasteiger partial charge in [-0.2, -0.15) is 5.26 Å². The van der Waals surface area contributed by atoms with Crippen LogP contribution in [0, 0.1) is 11.3 Å². The van der Waals surface area contributed by atoms with Gasteiger partial charge in [0.05, 0.1) is 37.6 Å². The van der Waals surface area contributed by atoms with Crippen LogP contribution in [0.25, 0.3) is 10.9 Å². The van der Waals surface area contributed by atoms with Gasteiger partial charge in [-0.3, -0.25) is 4.98 Å². The number of pyridine rings is 1. The van der Waals surface area contributed by atoms with E-state index < -0.39 is 0 Å². The molecule has 0 spiro atoms. The lowest BCUT2D eigenvalue weighted by Gasteiger charge is -2.15. The summed E-state index contributed by atoms with van der Waals surface area (Å²) in [4.78, 5) is 4.44. The Labute approximate surface area is 222 Å². The van der Waals surface area contributed by atoms with Crippen LogP contribution in [0.3, 0.4) is 0 Å². The van der Waals surface area contributed by atoms with Gasteiger partial charge in [-0.15, -0.1) is 11.6 Å². The number of halogens is 1. The second-order valence-corrected chi connectivity index (χ2v) is 7.88. The van der Waals surface area contributed by atoms with Crippen molar-refractivity contribution in [1.29, 1.82) is 5.26 Å². The van der Waals surface area contributed by atoms with Gasteiger partial charge in [0, 0.05) is 35.3 Å². The predicted molar refractivity (Wildman–Crippen MR) is 148 cm³/mol. The van der Waals surface area contributed by atoms with Crippen LogP contribution in [-0.2, 0) is 0 Å². The second kappa shape index (κ2) is 13.8. The fraction of sp³-hybridized carbons (Fsp3) is 0.241. The van der Waals surface area contributed by atoms with E-state index in [1.807, 2.05) is 68.4 Å². The first-order valence-electron chi connectivity index (χ1n) is 11.9. The lowest BCUT2D eigenvalue weighted by Crippen LogP contribution is -2.02. The Balaban J connectivity index is 0.00000186. The topological polar surface area (TPSA) is 85.6 Å². The molecule has 7 nitrogen and oxygen atoms in total. The van der Waals surface area contributed by atoms with E-state index in [1.165, 1.54) is 0 Å². The van der Waals surface area contributed by atoms with E-state index >= 15 is 0 Å². The molecule has 3 aromatic carbocycles. The van der Waals surface area contributed by atoms with Crippen molar-refractivity contribution in [3.8, 4) is 34.8 Å². The summed E-state index contributed by atoms with van der Waals surface area (Å²) in [7, 11) is 3.19. The van der Waals surface area contributed by atoms with Gasteiger partial charge in [0.1, 0.15) is 23.3 Å². The summed E-state index contributed by atoms with van der Waals surface area (Å²) in [6.07, 6.45) is 2.26. The average molecular weight is 520 g/mol. The summed E-state index contributed by atoms with van der Waals surface area (Å²) < 4.78 is 22.5. The normalized spacial score (nSPS) is 10.1. The molecule has 4 aromatic rings. The van der Waals surface area contributed by atoms with Gasteiger partial charge in [0.2, 0.25) is 0 Å². The van der Waals surface area contributed by atoms with Crippen LogP contribution in [0.2, 0.25) is 0 Å². The van der Waals surface area contributed by atoms with E-state index in [4.69, 9.17) is 30.5 Å². The number of rotatable bonds is 10. The van der Waals surface area contributed by atoms with Crippen molar-refractivity contribution in [2.24, 2.45) is 0 Å². The fourth-order valence-corrected chi connectivity index (χ4v) is 3.59. The minimum atomic E-state index is 0.409. The highest BCUT2D eigenvalue weighted by molar-refractivity contribution is 6.17. The Bertz CT molecular complexity index is 1350. The molecule has 0 bridgehead atoms. The number of fused-ring (bicyclic) bond motifs is 1. The predicted octanol–water partition coefficient (Wildman–Crippen LogP) is 7.69. The van der Waals surface area contributed by atoms with Crippen molar-refractivity contribution < 1.29 is 18.9 Å². The highest BCUT2D eigenvalue weighted by atomic mass is 35.5. The molecule has 0 saturated carbocycles. The minimum absolute atomic E-state index is 0.409. The van der Waals surface area contributed by atoms with Gasteiger partial charge in [0.25, 0.3) is 0 Å². The van der Waals surface area contributed by atoms with Gasteiger partial charge in [-0.25, -0.2) is 0 Å². The van der Waals surface area contributed by atoms with Crippen molar-refractivity contribution in [3.05, 3.63) is 72.4 Å². The number of hydrogen-bond donors (Lipinski definition) is 1. The molecule has 1 heterocycles. The number of methoxy groups -OCH3 is 2. The first-order valence-corrected chi connectivity index (χ1v) is 12.5. The van der Waals surface area contributed by atoms with Gasteiger partial charge in [-0.05, 0) is 48.9 Å². The maximum Gasteiger partial charge on any atom is 0.163 e. The van der Waals surface area contributed by atoms with E-state index in [-0.39, 0.29) is 0 Å². The summed E-state index contributed by atoms with van der Waals surface area (Å²) in [6, 6.07) is 20.7. The van der Waals surface area contributed by atoms with Gasteiger partial charge in [-0.1, -0.05) is 19.9 Å². The molecular weight excluding hydrogens is 490 g/mol. The Morgan fingerprint density at radius 2 is 1.68 bits per heavy atom. The Hall–Kier alpha value is -4.15. The summed E-state index contributed by atoms with van der Waals surface area (Å²) in [5.41, 5.74) is 2.50. The summed E-state index contributed by atoms with van der Waals surface area (Å²) in [5, 5.41) is 13.8. The number of nitrogens with one attached hydrogen (secondary N) is 1. The third-order valence-corrected chi connectivity index (χ3v) is 5.48.